The van der Waals surface area contributed by atoms with Crippen LogP contribution in [0, 0.1) is 5.92 Å². The molecule has 1 aromatic carbocycles. The molecule has 19 heavy (non-hydrogen) atoms. The summed E-state index contributed by atoms with van der Waals surface area (Å²) in [6, 6.07) is 7.96. The first-order chi connectivity index (χ1) is 8.56. The Morgan fingerprint density at radius 2 is 2.00 bits per heavy atom. The molecule has 108 valence electrons. The van der Waals surface area contributed by atoms with Crippen LogP contribution in [-0.2, 0) is 0 Å². The normalized spacial score (nSPS) is 20.4. The van der Waals surface area contributed by atoms with E-state index in [1.807, 2.05) is 31.1 Å². The molecule has 3 N–H and O–H groups in total. The van der Waals surface area contributed by atoms with Gasteiger partial charge in [0.05, 0.1) is 6.10 Å². The number of likely N-dealkylation sites (N-methyl/N-ethyl adjacent to an activating group) is 1. The van der Waals surface area contributed by atoms with Gasteiger partial charge in [0, 0.05) is 36.9 Å². The van der Waals surface area contributed by atoms with Crippen LogP contribution in [0.5, 0.6) is 0 Å². The third kappa shape index (κ3) is 4.27. The summed E-state index contributed by atoms with van der Waals surface area (Å²) in [5, 5.41) is 10.1. The highest BCUT2D eigenvalue weighted by atomic mass is 35.5. The number of benzene rings is 1. The third-order valence-corrected chi connectivity index (χ3v) is 3.58. The lowest BCUT2D eigenvalue weighted by atomic mass is 10.0. The van der Waals surface area contributed by atoms with Crippen LogP contribution in [0.15, 0.2) is 24.3 Å². The summed E-state index contributed by atoms with van der Waals surface area (Å²) in [6.07, 6.45) is 0.818. The van der Waals surface area contributed by atoms with Crippen LogP contribution >= 0.6 is 12.4 Å². The van der Waals surface area contributed by atoms with E-state index in [4.69, 9.17) is 5.73 Å². The lowest BCUT2D eigenvalue weighted by molar-refractivity contribution is 0.0883. The number of aliphatic hydroxyl groups excluding tert-OH is 1. The van der Waals surface area contributed by atoms with Crippen molar-refractivity contribution in [3.8, 4) is 0 Å². The highest BCUT2D eigenvalue weighted by molar-refractivity contribution is 5.85. The van der Waals surface area contributed by atoms with Gasteiger partial charge in [-0.3, -0.25) is 0 Å². The van der Waals surface area contributed by atoms with Gasteiger partial charge in [-0.15, -0.1) is 12.4 Å². The lowest BCUT2D eigenvalue weighted by Gasteiger charge is -2.23. The van der Waals surface area contributed by atoms with E-state index < -0.39 is 0 Å². The van der Waals surface area contributed by atoms with Gasteiger partial charge in [0.25, 0.3) is 0 Å². The molecule has 0 spiro atoms. The van der Waals surface area contributed by atoms with Crippen LogP contribution in [-0.4, -0.2) is 49.8 Å². The average molecular weight is 286 g/mol. The molecule has 2 unspecified atom stereocenters. The van der Waals surface area contributed by atoms with Crippen molar-refractivity contribution in [2.24, 2.45) is 5.92 Å². The summed E-state index contributed by atoms with van der Waals surface area (Å²) >= 11 is 0. The Labute approximate surface area is 121 Å². The number of hydrogen-bond donors (Lipinski definition) is 2. The van der Waals surface area contributed by atoms with Crippen molar-refractivity contribution < 1.29 is 5.11 Å². The quantitative estimate of drug-likeness (QED) is 0.822. The van der Waals surface area contributed by atoms with E-state index in [1.54, 1.807) is 0 Å². The molecule has 2 rings (SSSR count). The molecule has 0 saturated carbocycles. The van der Waals surface area contributed by atoms with E-state index in [1.165, 1.54) is 5.69 Å². The van der Waals surface area contributed by atoms with Crippen molar-refractivity contribution in [3.05, 3.63) is 24.3 Å². The molecule has 5 heteroatoms. The molecule has 0 radical (unpaired) electrons. The van der Waals surface area contributed by atoms with E-state index >= 15 is 0 Å². The fraction of sp³-hybridized carbons (Fsp3) is 0.571. The summed E-state index contributed by atoms with van der Waals surface area (Å²) in [6.45, 7) is 2.68. The molecule has 1 fully saturated rings. The molecular weight excluding hydrogens is 262 g/mol. The summed E-state index contributed by atoms with van der Waals surface area (Å²) in [5.41, 5.74) is 7.68. The number of hydrogen-bond acceptors (Lipinski definition) is 4. The van der Waals surface area contributed by atoms with Gasteiger partial charge >= 0.3 is 0 Å². The molecule has 4 nitrogen and oxygen atoms in total. The van der Waals surface area contributed by atoms with Gasteiger partial charge in [-0.05, 0) is 44.8 Å². The maximum atomic E-state index is 10.1. The van der Waals surface area contributed by atoms with Crippen LogP contribution in [0.25, 0.3) is 0 Å². The van der Waals surface area contributed by atoms with Crippen molar-refractivity contribution in [2.75, 3.05) is 44.4 Å². The highest BCUT2D eigenvalue weighted by Crippen LogP contribution is 2.26. The van der Waals surface area contributed by atoms with Gasteiger partial charge < -0.3 is 20.6 Å². The fourth-order valence-corrected chi connectivity index (χ4v) is 2.54. The first-order valence-corrected chi connectivity index (χ1v) is 6.49. The SMILES string of the molecule is CN(C)CC(O)C1CCN(c2ccc(N)cc2)C1.Cl. The number of nitrogens with zero attached hydrogens (tertiary/aromatic N) is 2. The Bertz CT molecular complexity index is 383. The molecule has 1 heterocycles. The summed E-state index contributed by atoms with van der Waals surface area (Å²) in [7, 11) is 3.99. The fourth-order valence-electron chi connectivity index (χ4n) is 2.54. The molecular formula is C14H24ClN3O. The first kappa shape index (κ1) is 16.1. The van der Waals surface area contributed by atoms with Crippen LogP contribution in [0.4, 0.5) is 11.4 Å². The molecule has 0 bridgehead atoms. The predicted octanol–water partition coefficient (Wildman–Crippen LogP) is 1.44. The first-order valence-electron chi connectivity index (χ1n) is 6.49. The van der Waals surface area contributed by atoms with E-state index in [9.17, 15) is 5.11 Å². The molecule has 0 aromatic heterocycles. The predicted molar refractivity (Wildman–Crippen MR) is 83.0 cm³/mol. The number of nitrogens with two attached hydrogens (primary N) is 1. The number of rotatable bonds is 4. The van der Waals surface area contributed by atoms with Gasteiger partial charge in [-0.25, -0.2) is 0 Å². The molecule has 0 amide bonds. The van der Waals surface area contributed by atoms with Crippen LogP contribution in [0.1, 0.15) is 6.42 Å². The van der Waals surface area contributed by atoms with Gasteiger partial charge in [-0.2, -0.15) is 0 Å². The van der Waals surface area contributed by atoms with Gasteiger partial charge in [0.15, 0.2) is 0 Å². The maximum Gasteiger partial charge on any atom is 0.0712 e. The molecule has 1 aliphatic heterocycles. The van der Waals surface area contributed by atoms with Crippen molar-refractivity contribution >= 4 is 23.8 Å². The number of anilines is 2. The Kier molecular flexibility index (Phi) is 5.91. The van der Waals surface area contributed by atoms with Gasteiger partial charge in [0.1, 0.15) is 0 Å². The monoisotopic (exact) mass is 285 g/mol. The second-order valence-corrected chi connectivity index (χ2v) is 5.42. The second kappa shape index (κ2) is 6.98. The molecule has 0 aliphatic carbocycles. The van der Waals surface area contributed by atoms with E-state index in [0.717, 1.165) is 31.7 Å². The lowest BCUT2D eigenvalue weighted by Crippen LogP contribution is -2.34. The van der Waals surface area contributed by atoms with E-state index in [-0.39, 0.29) is 18.5 Å². The summed E-state index contributed by atoms with van der Waals surface area (Å²) in [5.74, 6) is 0.366. The van der Waals surface area contributed by atoms with E-state index in [0.29, 0.717) is 5.92 Å². The minimum absolute atomic E-state index is 0. The Morgan fingerprint density at radius 3 is 2.58 bits per heavy atom. The molecule has 1 saturated heterocycles. The van der Waals surface area contributed by atoms with Gasteiger partial charge in [-0.1, -0.05) is 0 Å². The third-order valence-electron chi connectivity index (χ3n) is 3.58. The number of nitrogen functional groups attached to an aromatic ring is 1. The number of halogens is 1. The zero-order chi connectivity index (χ0) is 13.1. The van der Waals surface area contributed by atoms with Crippen molar-refractivity contribution in [1.82, 2.24) is 4.90 Å². The molecule has 1 aliphatic rings. The maximum absolute atomic E-state index is 10.1. The molecule has 1 aromatic rings. The Hall–Kier alpha value is -0.970. The van der Waals surface area contributed by atoms with E-state index in [2.05, 4.69) is 17.0 Å². The van der Waals surface area contributed by atoms with Crippen LogP contribution in [0.2, 0.25) is 0 Å². The zero-order valence-corrected chi connectivity index (χ0v) is 12.4. The van der Waals surface area contributed by atoms with Crippen molar-refractivity contribution in [3.63, 3.8) is 0 Å². The van der Waals surface area contributed by atoms with Crippen LogP contribution < -0.4 is 10.6 Å². The minimum Gasteiger partial charge on any atom is -0.399 e. The average Bonchev–Trinajstić information content (AvgIpc) is 2.78. The summed E-state index contributed by atoms with van der Waals surface area (Å²) in [4.78, 5) is 4.36. The van der Waals surface area contributed by atoms with Crippen LogP contribution in [0.3, 0.4) is 0 Å². The Morgan fingerprint density at radius 1 is 1.37 bits per heavy atom. The minimum atomic E-state index is -0.237. The highest BCUT2D eigenvalue weighted by Gasteiger charge is 2.28. The topological polar surface area (TPSA) is 52.7 Å². The largest absolute Gasteiger partial charge is 0.399 e. The Balaban J connectivity index is 0.00000180. The zero-order valence-electron chi connectivity index (χ0n) is 11.6. The smallest absolute Gasteiger partial charge is 0.0712 e. The van der Waals surface area contributed by atoms with Gasteiger partial charge in [0.2, 0.25) is 0 Å². The molecule has 2 atom stereocenters. The summed E-state index contributed by atoms with van der Waals surface area (Å²) < 4.78 is 0. The standard InChI is InChI=1S/C14H23N3O.ClH/c1-16(2)10-14(18)11-7-8-17(9-11)13-5-3-12(15)4-6-13;/h3-6,11,14,18H,7-10,15H2,1-2H3;1H. The van der Waals surface area contributed by atoms with Crippen molar-refractivity contribution in [2.45, 2.75) is 12.5 Å². The second-order valence-electron chi connectivity index (χ2n) is 5.42. The van der Waals surface area contributed by atoms with Crippen molar-refractivity contribution in [1.29, 1.82) is 0 Å². The number of aliphatic hydroxyl groups is 1.